The van der Waals surface area contributed by atoms with E-state index < -0.39 is 0 Å². The highest BCUT2D eigenvalue weighted by Gasteiger charge is 2.32. The molecule has 2 N–H and O–H groups in total. The number of carbonyl (C=O) groups excluding carboxylic acids is 1. The highest BCUT2D eigenvalue weighted by molar-refractivity contribution is 5.94. The van der Waals surface area contributed by atoms with Crippen LogP contribution < -0.4 is 25.0 Å². The molecule has 4 aromatic rings. The van der Waals surface area contributed by atoms with E-state index in [1.165, 1.54) is 10.9 Å². The predicted molar refractivity (Wildman–Crippen MR) is 149 cm³/mol. The van der Waals surface area contributed by atoms with Crippen molar-refractivity contribution in [2.75, 3.05) is 38.0 Å². The molecule has 202 valence electrons. The summed E-state index contributed by atoms with van der Waals surface area (Å²) in [4.78, 5) is 24.8. The van der Waals surface area contributed by atoms with Gasteiger partial charge in [-0.3, -0.25) is 0 Å². The molecule has 4 bridgehead atoms. The van der Waals surface area contributed by atoms with E-state index in [0.29, 0.717) is 42.6 Å². The molecule has 2 aliphatic rings. The van der Waals surface area contributed by atoms with Crippen molar-refractivity contribution in [1.29, 1.82) is 0 Å². The number of rotatable bonds is 6. The van der Waals surface area contributed by atoms with Crippen molar-refractivity contribution in [2.45, 2.75) is 32.1 Å². The van der Waals surface area contributed by atoms with Gasteiger partial charge in [0.15, 0.2) is 5.65 Å². The molecular weight excluding hydrogens is 496 g/mol. The number of hydrogen-bond acceptors (Lipinski definition) is 8. The van der Waals surface area contributed by atoms with E-state index in [1.807, 2.05) is 49.5 Å². The van der Waals surface area contributed by atoms with Crippen LogP contribution in [0.15, 0.2) is 54.9 Å². The number of benzene rings is 2. The third-order valence-corrected chi connectivity index (χ3v) is 7.28. The number of nitrogens with one attached hydrogen (secondary N) is 2. The fourth-order valence-electron chi connectivity index (χ4n) is 4.99. The molecule has 1 aliphatic carbocycles. The number of carbonyl (C=O) groups is 1. The normalized spacial score (nSPS) is 17.3. The van der Waals surface area contributed by atoms with Crippen molar-refractivity contribution in [3.05, 3.63) is 66.0 Å². The average molecular weight is 529 g/mol. The molecule has 3 heterocycles. The molecule has 0 radical (unpaired) electrons. The number of aromatic nitrogens is 3. The molecule has 1 aliphatic heterocycles. The molecule has 39 heavy (non-hydrogen) atoms. The van der Waals surface area contributed by atoms with Gasteiger partial charge in [-0.25, -0.2) is 19.3 Å². The predicted octanol–water partition coefficient (Wildman–Crippen LogP) is 4.70. The number of hydrogen-bond donors (Lipinski definition) is 2. The Morgan fingerprint density at radius 2 is 2.00 bits per heavy atom. The Hall–Kier alpha value is -4.31. The van der Waals surface area contributed by atoms with Crippen LogP contribution in [0.2, 0.25) is 0 Å². The van der Waals surface area contributed by atoms with E-state index >= 15 is 0 Å². The maximum absolute atomic E-state index is 13.3. The van der Waals surface area contributed by atoms with Gasteiger partial charge in [-0.2, -0.15) is 0 Å². The van der Waals surface area contributed by atoms with E-state index in [0.717, 1.165) is 46.8 Å². The molecule has 1 atom stereocenters. The average Bonchev–Trinajstić information content (AvgIpc) is 3.70. The number of imidazole rings is 1. The van der Waals surface area contributed by atoms with Crippen LogP contribution in [-0.4, -0.2) is 54.5 Å². The summed E-state index contributed by atoms with van der Waals surface area (Å²) in [6.45, 7) is 1.46. The maximum atomic E-state index is 13.3. The molecule has 10 heteroatoms. The van der Waals surface area contributed by atoms with E-state index in [2.05, 4.69) is 26.6 Å². The summed E-state index contributed by atoms with van der Waals surface area (Å²) in [6, 6.07) is 15.6. The summed E-state index contributed by atoms with van der Waals surface area (Å²) in [5.41, 5.74) is 4.86. The van der Waals surface area contributed by atoms with Gasteiger partial charge >= 0.3 is 6.03 Å². The van der Waals surface area contributed by atoms with E-state index in [1.54, 1.807) is 14.2 Å². The topological polar surface area (TPSA) is 103 Å². The van der Waals surface area contributed by atoms with Crippen molar-refractivity contribution in [3.63, 3.8) is 0 Å². The summed E-state index contributed by atoms with van der Waals surface area (Å²) in [5, 5.41) is 6.46. The third-order valence-electron chi connectivity index (χ3n) is 7.28. The lowest BCUT2D eigenvalue weighted by Gasteiger charge is -2.23. The lowest BCUT2D eigenvalue weighted by Crippen LogP contribution is -2.37. The minimum absolute atomic E-state index is 0.0343. The van der Waals surface area contributed by atoms with E-state index in [9.17, 15) is 4.79 Å². The number of nitrogens with zero attached hydrogens (tertiary/aromatic N) is 4. The fraction of sp³-hybridized carbons (Fsp3) is 0.345. The highest BCUT2D eigenvalue weighted by atomic mass is 16.5. The van der Waals surface area contributed by atoms with Crippen LogP contribution >= 0.6 is 0 Å². The number of pyridine rings is 1. The van der Waals surface area contributed by atoms with Gasteiger partial charge in [0.25, 0.3) is 0 Å². The van der Waals surface area contributed by atoms with Crippen LogP contribution in [0.25, 0.3) is 11.2 Å². The summed E-state index contributed by atoms with van der Waals surface area (Å²) < 4.78 is 18.7. The van der Waals surface area contributed by atoms with Gasteiger partial charge in [-0.1, -0.05) is 12.1 Å². The molecule has 1 saturated carbocycles. The Bertz CT molecular complexity index is 1520. The molecule has 6 rings (SSSR count). The van der Waals surface area contributed by atoms with E-state index in [4.69, 9.17) is 19.2 Å². The number of ether oxygens (including phenoxy) is 3. The number of fused-ring (bicyclic) bond motifs is 3. The van der Waals surface area contributed by atoms with Gasteiger partial charge in [0.05, 0.1) is 32.6 Å². The molecular formula is C29H32N6O4. The summed E-state index contributed by atoms with van der Waals surface area (Å²) in [7, 11) is 5.26. The van der Waals surface area contributed by atoms with Crippen LogP contribution in [0, 0.1) is 5.92 Å². The standard InChI is InChI=1S/C29H32N6O4/c1-34(15-20-9-10-22(37-2)12-24(20)38-3)23-13-26-32-21-6-4-5-18(11-21)16-39-25(19-7-8-19)14-30-29(36)35-17-31-27(23)28(35)33-26/h4-6,9-13,17,19,25H,7-8,14-16H2,1-3H3,(H,30,36)(H,32,33). The summed E-state index contributed by atoms with van der Waals surface area (Å²) in [6.07, 6.45) is 3.74. The molecule has 0 saturated heterocycles. The Kier molecular flexibility index (Phi) is 6.70. The van der Waals surface area contributed by atoms with Gasteiger partial charge in [-0.15, -0.1) is 0 Å². The van der Waals surface area contributed by atoms with Crippen molar-refractivity contribution >= 4 is 34.4 Å². The van der Waals surface area contributed by atoms with Crippen molar-refractivity contribution < 1.29 is 19.0 Å². The lowest BCUT2D eigenvalue weighted by molar-refractivity contribution is 0.0280. The fourth-order valence-corrected chi connectivity index (χ4v) is 4.99. The molecule has 10 nitrogen and oxygen atoms in total. The number of anilines is 3. The first-order chi connectivity index (χ1) is 19.0. The first-order valence-corrected chi connectivity index (χ1v) is 13.1. The zero-order chi connectivity index (χ0) is 26.9. The lowest BCUT2D eigenvalue weighted by atomic mass is 10.1. The maximum Gasteiger partial charge on any atom is 0.328 e. The van der Waals surface area contributed by atoms with Crippen molar-refractivity contribution in [3.8, 4) is 11.5 Å². The second-order valence-corrected chi connectivity index (χ2v) is 10.0. The Morgan fingerprint density at radius 1 is 1.13 bits per heavy atom. The van der Waals surface area contributed by atoms with Crippen LogP contribution in [0.4, 0.5) is 22.0 Å². The minimum atomic E-state index is -0.280. The second kappa shape index (κ2) is 10.5. The SMILES string of the molecule is COc1ccc(CN(C)c2cc3nc4c2ncn4C(=O)NCC(C2CC2)OCc2cccc(c2)N3)c(OC)c1. The van der Waals surface area contributed by atoms with Gasteiger partial charge < -0.3 is 29.7 Å². The quantitative estimate of drug-likeness (QED) is 0.372. The van der Waals surface area contributed by atoms with E-state index in [-0.39, 0.29) is 12.1 Å². The minimum Gasteiger partial charge on any atom is -0.497 e. The zero-order valence-corrected chi connectivity index (χ0v) is 22.3. The first-order valence-electron chi connectivity index (χ1n) is 13.1. The smallest absolute Gasteiger partial charge is 0.328 e. The number of methoxy groups -OCH3 is 2. The largest absolute Gasteiger partial charge is 0.497 e. The zero-order valence-electron chi connectivity index (χ0n) is 22.3. The Labute approximate surface area is 226 Å². The van der Waals surface area contributed by atoms with Crippen molar-refractivity contribution in [2.24, 2.45) is 5.92 Å². The van der Waals surface area contributed by atoms with Crippen LogP contribution in [0.3, 0.4) is 0 Å². The summed E-state index contributed by atoms with van der Waals surface area (Å²) >= 11 is 0. The molecule has 0 spiro atoms. The van der Waals surface area contributed by atoms with Crippen molar-refractivity contribution in [1.82, 2.24) is 19.9 Å². The number of amides is 1. The molecule has 1 unspecified atom stereocenters. The summed E-state index contributed by atoms with van der Waals surface area (Å²) in [5.74, 6) is 2.53. The van der Waals surface area contributed by atoms with Gasteiger partial charge in [0.2, 0.25) is 0 Å². The Balaban J connectivity index is 1.40. The molecule has 1 amide bonds. The van der Waals surface area contributed by atoms with Crippen LogP contribution in [0.1, 0.15) is 24.0 Å². The van der Waals surface area contributed by atoms with Gasteiger partial charge in [0.1, 0.15) is 29.2 Å². The molecule has 2 aromatic carbocycles. The first kappa shape index (κ1) is 25.0. The molecule has 1 fully saturated rings. The third kappa shape index (κ3) is 5.20. The molecule has 2 aromatic heterocycles. The second-order valence-electron chi connectivity index (χ2n) is 10.0. The monoisotopic (exact) mass is 528 g/mol. The van der Waals surface area contributed by atoms with Gasteiger partial charge in [-0.05, 0) is 48.6 Å². The highest BCUT2D eigenvalue weighted by Crippen LogP contribution is 2.35. The van der Waals surface area contributed by atoms with Gasteiger partial charge in [0, 0.05) is 43.5 Å². The van der Waals surface area contributed by atoms with Crippen LogP contribution in [0.5, 0.6) is 11.5 Å². The van der Waals surface area contributed by atoms with Crippen LogP contribution in [-0.2, 0) is 17.9 Å². The Morgan fingerprint density at radius 3 is 2.79 bits per heavy atom.